The van der Waals surface area contributed by atoms with E-state index in [-0.39, 0.29) is 19.0 Å². The molecule has 3 rings (SSSR count). The Kier molecular flexibility index (Phi) is 7.24. The highest BCUT2D eigenvalue weighted by Gasteiger charge is 2.52. The molecule has 5 nitrogen and oxygen atoms in total. The van der Waals surface area contributed by atoms with E-state index in [9.17, 15) is 9.18 Å². The van der Waals surface area contributed by atoms with Crippen LogP contribution in [0.2, 0.25) is 0 Å². The number of rotatable bonds is 6. The Labute approximate surface area is 191 Å². The summed E-state index contributed by atoms with van der Waals surface area (Å²) in [6.07, 6.45) is 1.06. The molecular weight excluding hydrogens is 464 g/mol. The first-order valence-corrected chi connectivity index (χ1v) is 10.8. The van der Waals surface area contributed by atoms with Crippen molar-refractivity contribution in [2.75, 3.05) is 6.54 Å². The van der Waals surface area contributed by atoms with Gasteiger partial charge in [0.05, 0.1) is 11.2 Å². The second kappa shape index (κ2) is 9.55. The van der Waals surface area contributed by atoms with Crippen LogP contribution in [0.5, 0.6) is 0 Å². The van der Waals surface area contributed by atoms with E-state index in [2.05, 4.69) is 21.2 Å². The molecule has 1 fully saturated rings. The number of ether oxygens (including phenoxy) is 1. The van der Waals surface area contributed by atoms with Gasteiger partial charge in [-0.05, 0) is 56.9 Å². The third-order valence-electron chi connectivity index (χ3n) is 5.50. The van der Waals surface area contributed by atoms with E-state index in [1.54, 1.807) is 18.2 Å². The molecule has 2 aromatic rings. The summed E-state index contributed by atoms with van der Waals surface area (Å²) in [5, 5.41) is 2.72. The maximum Gasteiger partial charge on any atom is 0.492 e. The fourth-order valence-corrected chi connectivity index (χ4v) is 3.35. The zero-order valence-electron chi connectivity index (χ0n) is 18.1. The lowest BCUT2D eigenvalue weighted by molar-refractivity contribution is 0.00578. The molecule has 8 heteroatoms. The second-order valence-electron chi connectivity index (χ2n) is 8.39. The summed E-state index contributed by atoms with van der Waals surface area (Å²) in [6, 6.07) is 14.1. The molecule has 1 aliphatic heterocycles. The Morgan fingerprint density at radius 1 is 1.13 bits per heavy atom. The van der Waals surface area contributed by atoms with Gasteiger partial charge in [0.2, 0.25) is 0 Å². The molecule has 1 heterocycles. The molecule has 1 aliphatic rings. The zero-order chi connectivity index (χ0) is 22.6. The summed E-state index contributed by atoms with van der Waals surface area (Å²) < 4.78 is 32.6. The van der Waals surface area contributed by atoms with E-state index in [1.807, 2.05) is 58.0 Å². The number of amides is 1. The molecule has 0 aliphatic carbocycles. The van der Waals surface area contributed by atoms with E-state index in [0.29, 0.717) is 11.0 Å². The van der Waals surface area contributed by atoms with Gasteiger partial charge in [0.25, 0.3) is 0 Å². The molecule has 0 bridgehead atoms. The third kappa shape index (κ3) is 5.96. The lowest BCUT2D eigenvalue weighted by atomic mass is 9.77. The lowest BCUT2D eigenvalue weighted by Crippen LogP contribution is -2.41. The Morgan fingerprint density at radius 3 is 2.42 bits per heavy atom. The van der Waals surface area contributed by atoms with Crippen LogP contribution in [0, 0.1) is 5.82 Å². The van der Waals surface area contributed by atoms with Crippen molar-refractivity contribution >= 4 is 35.2 Å². The Morgan fingerprint density at radius 2 is 1.77 bits per heavy atom. The first-order valence-electron chi connectivity index (χ1n) is 10.0. The van der Waals surface area contributed by atoms with E-state index in [4.69, 9.17) is 14.0 Å². The SMILES string of the molecule is CC1(C)OB(C(=Cc2cc(Br)ccc2F)CNC(=O)OCc2ccccc2)OC1(C)C. The summed E-state index contributed by atoms with van der Waals surface area (Å²) in [4.78, 5) is 12.2. The minimum atomic E-state index is -0.738. The molecule has 1 saturated heterocycles. The van der Waals surface area contributed by atoms with Crippen LogP contribution in [0.25, 0.3) is 6.08 Å². The molecule has 164 valence electrons. The summed E-state index contributed by atoms with van der Waals surface area (Å²) in [5.74, 6) is -0.385. The monoisotopic (exact) mass is 489 g/mol. The first-order chi connectivity index (χ1) is 14.6. The molecule has 0 unspecified atom stereocenters. The van der Waals surface area contributed by atoms with Gasteiger partial charge in [0, 0.05) is 16.6 Å². The van der Waals surface area contributed by atoms with Crippen molar-refractivity contribution in [1.82, 2.24) is 5.32 Å². The number of carbonyl (C=O) groups excluding carboxylic acids is 1. The van der Waals surface area contributed by atoms with Crippen LogP contribution >= 0.6 is 15.9 Å². The number of alkyl carbamates (subject to hydrolysis) is 1. The Balaban J connectivity index is 1.75. The van der Waals surface area contributed by atoms with Crippen LogP contribution in [0.15, 0.2) is 58.5 Å². The molecule has 31 heavy (non-hydrogen) atoms. The number of carbonyl (C=O) groups is 1. The maximum atomic E-state index is 14.4. The summed E-state index contributed by atoms with van der Waals surface area (Å²) in [6.45, 7) is 7.98. The Bertz CT molecular complexity index is 949. The maximum absolute atomic E-state index is 14.4. The normalized spacial score (nSPS) is 17.5. The highest BCUT2D eigenvalue weighted by atomic mass is 79.9. The van der Waals surface area contributed by atoms with Gasteiger partial charge in [-0.1, -0.05) is 52.3 Å². The van der Waals surface area contributed by atoms with Crippen molar-refractivity contribution in [1.29, 1.82) is 0 Å². The van der Waals surface area contributed by atoms with Gasteiger partial charge in [-0.2, -0.15) is 0 Å². The largest absolute Gasteiger partial charge is 0.492 e. The zero-order valence-corrected chi connectivity index (χ0v) is 19.7. The molecular formula is C23H26BBrFNO4. The van der Waals surface area contributed by atoms with Crippen LogP contribution in [0.3, 0.4) is 0 Å². The predicted molar refractivity (Wildman–Crippen MR) is 123 cm³/mol. The highest BCUT2D eigenvalue weighted by molar-refractivity contribution is 9.10. The van der Waals surface area contributed by atoms with E-state index in [1.165, 1.54) is 6.07 Å². The van der Waals surface area contributed by atoms with Crippen LogP contribution in [-0.2, 0) is 20.7 Å². The molecule has 2 aromatic carbocycles. The number of halogens is 2. The predicted octanol–water partition coefficient (Wildman–Crippen LogP) is 5.53. The fourth-order valence-electron chi connectivity index (χ4n) is 2.97. The summed E-state index contributed by atoms with van der Waals surface area (Å²) >= 11 is 3.36. The minimum absolute atomic E-state index is 0.0798. The third-order valence-corrected chi connectivity index (χ3v) is 6.00. The van der Waals surface area contributed by atoms with Gasteiger partial charge in [-0.15, -0.1) is 0 Å². The van der Waals surface area contributed by atoms with Crippen molar-refractivity contribution in [2.45, 2.75) is 45.5 Å². The van der Waals surface area contributed by atoms with E-state index < -0.39 is 24.4 Å². The van der Waals surface area contributed by atoms with Crippen LogP contribution in [0.4, 0.5) is 9.18 Å². The molecule has 1 amide bonds. The van der Waals surface area contributed by atoms with Crippen molar-refractivity contribution < 1.29 is 23.2 Å². The molecule has 0 saturated carbocycles. The van der Waals surface area contributed by atoms with Gasteiger partial charge in [0.15, 0.2) is 0 Å². The fraction of sp³-hybridized carbons (Fsp3) is 0.348. The number of nitrogens with one attached hydrogen (secondary N) is 1. The molecule has 0 radical (unpaired) electrons. The summed E-state index contributed by atoms with van der Waals surface area (Å²) in [7, 11) is -0.738. The second-order valence-corrected chi connectivity index (χ2v) is 9.30. The van der Waals surface area contributed by atoms with Crippen molar-refractivity contribution in [2.24, 2.45) is 0 Å². The smallest absolute Gasteiger partial charge is 0.445 e. The quantitative estimate of drug-likeness (QED) is 0.542. The van der Waals surface area contributed by atoms with Gasteiger partial charge < -0.3 is 19.4 Å². The highest BCUT2D eigenvalue weighted by Crippen LogP contribution is 2.38. The Hall–Kier alpha value is -2.16. The minimum Gasteiger partial charge on any atom is -0.445 e. The lowest BCUT2D eigenvalue weighted by Gasteiger charge is -2.32. The van der Waals surface area contributed by atoms with E-state index >= 15 is 0 Å². The van der Waals surface area contributed by atoms with Crippen molar-refractivity contribution in [3.63, 3.8) is 0 Å². The van der Waals surface area contributed by atoms with Crippen LogP contribution in [-0.4, -0.2) is 31.0 Å². The molecule has 0 spiro atoms. The first kappa shape index (κ1) is 23.5. The standard InChI is InChI=1S/C23H26BBrFNO4/c1-22(2)23(3,4)31-24(30-22)18(12-17-13-19(25)10-11-20(17)26)14-27-21(28)29-15-16-8-6-5-7-9-16/h5-13H,14-15H2,1-4H3,(H,27,28). The topological polar surface area (TPSA) is 56.8 Å². The van der Waals surface area contributed by atoms with Crippen molar-refractivity contribution in [3.05, 3.63) is 75.4 Å². The molecule has 0 atom stereocenters. The van der Waals surface area contributed by atoms with Crippen LogP contribution < -0.4 is 5.32 Å². The molecule has 0 aromatic heterocycles. The summed E-state index contributed by atoms with van der Waals surface area (Å²) in [5.41, 5.74) is 0.683. The van der Waals surface area contributed by atoms with Gasteiger partial charge in [0.1, 0.15) is 12.4 Å². The number of benzene rings is 2. The van der Waals surface area contributed by atoms with Gasteiger partial charge in [-0.25, -0.2) is 9.18 Å². The number of hydrogen-bond donors (Lipinski definition) is 1. The van der Waals surface area contributed by atoms with Gasteiger partial charge >= 0.3 is 13.2 Å². The van der Waals surface area contributed by atoms with Gasteiger partial charge in [-0.3, -0.25) is 0 Å². The number of hydrogen-bond acceptors (Lipinski definition) is 4. The van der Waals surface area contributed by atoms with Crippen molar-refractivity contribution in [3.8, 4) is 0 Å². The van der Waals surface area contributed by atoms with E-state index in [0.717, 1.165) is 10.0 Å². The molecule has 1 N–H and O–H groups in total. The van der Waals surface area contributed by atoms with Crippen LogP contribution in [0.1, 0.15) is 38.8 Å². The average Bonchev–Trinajstić information content (AvgIpc) is 2.94. The average molecular weight is 490 g/mol.